The molecule has 0 spiro atoms. The van der Waals surface area contributed by atoms with E-state index in [1.165, 1.54) is 17.7 Å². The molecule has 0 saturated carbocycles. The standard InChI is InChI=1S/C19H17F3N2O2/c20-19(21,22)15-6-3-7-16(10-15)23-17(25)11-18(26)24-9-8-13-4-1-2-5-14(13)12-24/h1-7,10H,8-9,11-12H2,(H,23,25). The van der Waals surface area contributed by atoms with Gasteiger partial charge in [0.25, 0.3) is 0 Å². The molecule has 2 amide bonds. The molecule has 0 atom stereocenters. The Bertz CT molecular complexity index is 834. The van der Waals surface area contributed by atoms with E-state index >= 15 is 0 Å². The molecule has 0 radical (unpaired) electrons. The number of hydrogen-bond donors (Lipinski definition) is 1. The predicted octanol–water partition coefficient (Wildman–Crippen LogP) is 3.62. The van der Waals surface area contributed by atoms with Crippen LogP contribution in [-0.4, -0.2) is 23.3 Å². The highest BCUT2D eigenvalue weighted by molar-refractivity contribution is 6.03. The highest BCUT2D eigenvalue weighted by Crippen LogP contribution is 2.30. The van der Waals surface area contributed by atoms with E-state index < -0.39 is 24.1 Å². The maximum absolute atomic E-state index is 12.7. The average molecular weight is 362 g/mol. The molecule has 2 aromatic rings. The second kappa shape index (κ2) is 7.19. The third-order valence-electron chi connectivity index (χ3n) is 4.27. The lowest BCUT2D eigenvalue weighted by molar-refractivity contribution is -0.138. The van der Waals surface area contributed by atoms with Crippen LogP contribution in [0, 0.1) is 0 Å². The quantitative estimate of drug-likeness (QED) is 0.848. The van der Waals surface area contributed by atoms with E-state index in [1.54, 1.807) is 4.90 Å². The fourth-order valence-electron chi connectivity index (χ4n) is 2.94. The molecule has 4 nitrogen and oxygen atoms in total. The lowest BCUT2D eigenvalue weighted by Crippen LogP contribution is -2.37. The van der Waals surface area contributed by atoms with E-state index in [1.807, 2.05) is 24.3 Å². The Kier molecular flexibility index (Phi) is 4.97. The number of alkyl halides is 3. The van der Waals surface area contributed by atoms with Crippen molar-refractivity contribution in [3.8, 4) is 0 Å². The maximum atomic E-state index is 12.7. The van der Waals surface area contributed by atoms with Crippen molar-refractivity contribution in [2.75, 3.05) is 11.9 Å². The first-order chi connectivity index (χ1) is 12.3. The van der Waals surface area contributed by atoms with Crippen LogP contribution in [0.25, 0.3) is 0 Å². The Morgan fingerprint density at radius 2 is 1.77 bits per heavy atom. The molecule has 0 saturated heterocycles. The number of fused-ring (bicyclic) bond motifs is 1. The summed E-state index contributed by atoms with van der Waals surface area (Å²) in [7, 11) is 0. The second-order valence-corrected chi connectivity index (χ2v) is 6.14. The number of carbonyl (C=O) groups is 2. The lowest BCUT2D eigenvalue weighted by Gasteiger charge is -2.28. The Hall–Kier alpha value is -2.83. The summed E-state index contributed by atoms with van der Waals surface area (Å²) in [6.45, 7) is 0.957. The van der Waals surface area contributed by atoms with E-state index in [0.717, 1.165) is 24.1 Å². The van der Waals surface area contributed by atoms with Gasteiger partial charge in [-0.1, -0.05) is 30.3 Å². The zero-order chi connectivity index (χ0) is 18.7. The van der Waals surface area contributed by atoms with Crippen LogP contribution in [0.15, 0.2) is 48.5 Å². The summed E-state index contributed by atoms with van der Waals surface area (Å²) < 4.78 is 38.1. The molecule has 0 aromatic heterocycles. The highest BCUT2D eigenvalue weighted by Gasteiger charge is 2.30. The molecule has 136 valence electrons. The van der Waals surface area contributed by atoms with Gasteiger partial charge in [0, 0.05) is 18.8 Å². The number of hydrogen-bond acceptors (Lipinski definition) is 2. The molecule has 0 aliphatic carbocycles. The van der Waals surface area contributed by atoms with Crippen LogP contribution in [0.4, 0.5) is 18.9 Å². The molecule has 7 heteroatoms. The molecule has 0 fully saturated rings. The normalized spacial score (nSPS) is 13.9. The molecule has 1 aliphatic rings. The van der Waals surface area contributed by atoms with Gasteiger partial charge in [0.2, 0.25) is 11.8 Å². The van der Waals surface area contributed by atoms with Gasteiger partial charge in [0.15, 0.2) is 0 Å². The van der Waals surface area contributed by atoms with Crippen LogP contribution in [0.3, 0.4) is 0 Å². The van der Waals surface area contributed by atoms with Crippen molar-refractivity contribution >= 4 is 17.5 Å². The summed E-state index contributed by atoms with van der Waals surface area (Å²) in [6, 6.07) is 12.1. The van der Waals surface area contributed by atoms with Gasteiger partial charge in [-0.15, -0.1) is 0 Å². The minimum Gasteiger partial charge on any atom is -0.338 e. The van der Waals surface area contributed by atoms with Gasteiger partial charge >= 0.3 is 6.18 Å². The van der Waals surface area contributed by atoms with Crippen LogP contribution >= 0.6 is 0 Å². The van der Waals surface area contributed by atoms with Gasteiger partial charge in [0.05, 0.1) is 5.56 Å². The van der Waals surface area contributed by atoms with Crippen molar-refractivity contribution in [3.63, 3.8) is 0 Å². The molecule has 0 unspecified atom stereocenters. The minimum absolute atomic E-state index is 0.0154. The number of benzene rings is 2. The Balaban J connectivity index is 1.60. The number of nitrogens with one attached hydrogen (secondary N) is 1. The second-order valence-electron chi connectivity index (χ2n) is 6.14. The number of nitrogens with zero attached hydrogens (tertiary/aromatic N) is 1. The number of rotatable bonds is 3. The minimum atomic E-state index is -4.49. The number of amides is 2. The summed E-state index contributed by atoms with van der Waals surface area (Å²) in [5.74, 6) is -0.975. The van der Waals surface area contributed by atoms with E-state index in [-0.39, 0.29) is 11.6 Å². The van der Waals surface area contributed by atoms with Gasteiger partial charge in [-0.2, -0.15) is 13.2 Å². The van der Waals surface area contributed by atoms with E-state index in [9.17, 15) is 22.8 Å². The molecule has 1 N–H and O–H groups in total. The first-order valence-electron chi connectivity index (χ1n) is 8.14. The zero-order valence-electron chi connectivity index (χ0n) is 13.8. The van der Waals surface area contributed by atoms with Gasteiger partial charge in [0.1, 0.15) is 6.42 Å². The molecular formula is C19H17F3N2O2. The van der Waals surface area contributed by atoms with E-state index in [4.69, 9.17) is 0 Å². The lowest BCUT2D eigenvalue weighted by atomic mass is 10.00. The van der Waals surface area contributed by atoms with Crippen LogP contribution in [0.1, 0.15) is 23.1 Å². The molecule has 2 aromatic carbocycles. The first-order valence-corrected chi connectivity index (χ1v) is 8.14. The summed E-state index contributed by atoms with van der Waals surface area (Å²) in [4.78, 5) is 25.9. The molecule has 3 rings (SSSR count). The number of anilines is 1. The molecule has 1 aliphatic heterocycles. The molecule has 26 heavy (non-hydrogen) atoms. The fraction of sp³-hybridized carbons (Fsp3) is 0.263. The van der Waals surface area contributed by atoms with Crippen molar-refractivity contribution in [2.45, 2.75) is 25.6 Å². The summed E-state index contributed by atoms with van der Waals surface area (Å²) in [5.41, 5.74) is 1.39. The van der Waals surface area contributed by atoms with E-state index in [0.29, 0.717) is 13.1 Å². The third kappa shape index (κ3) is 4.22. The average Bonchev–Trinajstić information content (AvgIpc) is 2.60. The van der Waals surface area contributed by atoms with Crippen LogP contribution in [0.5, 0.6) is 0 Å². The summed E-state index contributed by atoms with van der Waals surface area (Å²) >= 11 is 0. The third-order valence-corrected chi connectivity index (χ3v) is 4.27. The van der Waals surface area contributed by atoms with E-state index in [2.05, 4.69) is 5.32 Å². The Morgan fingerprint density at radius 3 is 2.50 bits per heavy atom. The Morgan fingerprint density at radius 1 is 1.04 bits per heavy atom. The maximum Gasteiger partial charge on any atom is 0.416 e. The van der Waals surface area contributed by atoms with Crippen molar-refractivity contribution in [3.05, 3.63) is 65.2 Å². The van der Waals surface area contributed by atoms with Gasteiger partial charge in [-0.3, -0.25) is 9.59 Å². The van der Waals surface area contributed by atoms with Gasteiger partial charge in [-0.05, 0) is 35.7 Å². The molecule has 1 heterocycles. The highest BCUT2D eigenvalue weighted by atomic mass is 19.4. The summed E-state index contributed by atoms with van der Waals surface area (Å²) in [6.07, 6.45) is -4.17. The monoisotopic (exact) mass is 362 g/mol. The Labute approximate surface area is 148 Å². The molecule has 0 bridgehead atoms. The van der Waals surface area contributed by atoms with Crippen molar-refractivity contribution in [1.29, 1.82) is 0 Å². The summed E-state index contributed by atoms with van der Waals surface area (Å²) in [5, 5.41) is 2.36. The van der Waals surface area contributed by atoms with Crippen LogP contribution in [-0.2, 0) is 28.7 Å². The van der Waals surface area contributed by atoms with Crippen molar-refractivity contribution < 1.29 is 22.8 Å². The SMILES string of the molecule is O=C(CC(=O)N1CCc2ccccc2C1)Nc1cccc(C(F)(F)F)c1. The van der Waals surface area contributed by atoms with Gasteiger partial charge < -0.3 is 10.2 Å². The van der Waals surface area contributed by atoms with Crippen LogP contribution < -0.4 is 5.32 Å². The van der Waals surface area contributed by atoms with Crippen molar-refractivity contribution in [1.82, 2.24) is 4.90 Å². The topological polar surface area (TPSA) is 49.4 Å². The molecular weight excluding hydrogens is 345 g/mol. The van der Waals surface area contributed by atoms with Crippen molar-refractivity contribution in [2.24, 2.45) is 0 Å². The largest absolute Gasteiger partial charge is 0.416 e. The predicted molar refractivity (Wildman–Crippen MR) is 90.3 cm³/mol. The number of halogens is 3. The smallest absolute Gasteiger partial charge is 0.338 e. The van der Waals surface area contributed by atoms with Crippen LogP contribution in [0.2, 0.25) is 0 Å². The fourth-order valence-corrected chi connectivity index (χ4v) is 2.94. The first kappa shape index (κ1) is 18.0. The zero-order valence-corrected chi connectivity index (χ0v) is 13.8. The number of carbonyl (C=O) groups excluding carboxylic acids is 2. The van der Waals surface area contributed by atoms with Gasteiger partial charge in [-0.25, -0.2) is 0 Å².